The van der Waals surface area contributed by atoms with Crippen LogP contribution in [0.4, 0.5) is 0 Å². The van der Waals surface area contributed by atoms with Crippen molar-refractivity contribution < 1.29 is 15.0 Å². The first kappa shape index (κ1) is 25.2. The number of aliphatic hydroxyl groups excluding tert-OH is 2. The molecule has 3 nitrogen and oxygen atoms in total. The second-order valence-corrected chi connectivity index (χ2v) is 13.8. The van der Waals surface area contributed by atoms with E-state index in [0.29, 0.717) is 23.5 Å². The maximum Gasteiger partial charge on any atom is 0.159 e. The lowest BCUT2D eigenvalue weighted by molar-refractivity contribution is -0.164. The van der Waals surface area contributed by atoms with E-state index in [-0.39, 0.29) is 39.8 Å². The Hall–Kier alpha value is -0.930. The van der Waals surface area contributed by atoms with E-state index in [2.05, 4.69) is 41.5 Å². The third-order valence-electron chi connectivity index (χ3n) is 11.5. The molecule has 2 N–H and O–H groups in total. The third-order valence-corrected chi connectivity index (χ3v) is 11.5. The summed E-state index contributed by atoms with van der Waals surface area (Å²) in [6.07, 6.45) is 10.4. The number of rotatable bonds is 4. The number of aliphatic hydroxyl groups is 2. The molecule has 4 aliphatic rings. The van der Waals surface area contributed by atoms with Gasteiger partial charge in [0.2, 0.25) is 0 Å². The third kappa shape index (κ3) is 3.54. The summed E-state index contributed by atoms with van der Waals surface area (Å²) in [5.41, 5.74) is 2.15. The molecule has 4 unspecified atom stereocenters. The molecule has 0 bridgehead atoms. The molecule has 0 saturated heterocycles. The molecule has 0 heterocycles. The number of hydrogen-bond acceptors (Lipinski definition) is 3. The van der Waals surface area contributed by atoms with Crippen LogP contribution in [0.3, 0.4) is 0 Å². The molecule has 9 atom stereocenters. The van der Waals surface area contributed by atoms with Crippen molar-refractivity contribution in [3.8, 4) is 0 Å². The Morgan fingerprint density at radius 1 is 1.06 bits per heavy atom. The lowest BCUT2D eigenvalue weighted by Gasteiger charge is -2.65. The molecule has 3 fully saturated rings. The first-order valence-electron chi connectivity index (χ1n) is 13.5. The van der Waals surface area contributed by atoms with Crippen molar-refractivity contribution in [1.82, 2.24) is 0 Å². The molecule has 0 aromatic heterocycles. The average Bonchev–Trinajstić information content (AvgIpc) is 2.96. The highest BCUT2D eigenvalue weighted by Crippen LogP contribution is 2.74. The standard InChI is InChI=1S/C30H48O3/c1-18(2)15-20(31)16-19(3)21-11-12-30(8)26-24(32)17-23-22(9-10-25(33)27(23,4)5)28(26,6)13-14-29(21,30)7/h15,17,19-22,25-26,31,33H,9-14,16H2,1-8H3/t19-,20?,21-,22?,25?,26?,28+,29-,30+/m1/s1. The van der Waals surface area contributed by atoms with Crippen molar-refractivity contribution in [1.29, 1.82) is 0 Å². The SMILES string of the molecule is CC(C)=CC(O)C[C@@H](C)[C@H]1CC[C@@]2(C)C3C(=O)C=C4C(CCC(O)C4(C)C)[C@]3(C)CC[C@]12C. The molecule has 0 aliphatic heterocycles. The second-order valence-electron chi connectivity index (χ2n) is 13.8. The Morgan fingerprint density at radius 3 is 2.36 bits per heavy atom. The van der Waals surface area contributed by atoms with Gasteiger partial charge in [-0.05, 0) is 98.9 Å². The first-order valence-corrected chi connectivity index (χ1v) is 13.5. The highest BCUT2D eigenvalue weighted by Gasteiger charge is 2.69. The van der Waals surface area contributed by atoms with Crippen molar-refractivity contribution in [3.05, 3.63) is 23.3 Å². The van der Waals surface area contributed by atoms with Crippen molar-refractivity contribution in [2.24, 2.45) is 45.3 Å². The Labute approximate surface area is 202 Å². The van der Waals surface area contributed by atoms with Gasteiger partial charge in [0.1, 0.15) is 0 Å². The lowest BCUT2D eigenvalue weighted by Crippen LogP contribution is -2.61. The van der Waals surface area contributed by atoms with Crippen LogP contribution < -0.4 is 0 Å². The Balaban J connectivity index is 1.68. The van der Waals surface area contributed by atoms with Crippen LogP contribution in [0.2, 0.25) is 0 Å². The molecular formula is C30H48O3. The van der Waals surface area contributed by atoms with Gasteiger partial charge in [0, 0.05) is 11.3 Å². The van der Waals surface area contributed by atoms with Gasteiger partial charge in [-0.2, -0.15) is 0 Å². The minimum atomic E-state index is -0.382. The predicted molar refractivity (Wildman–Crippen MR) is 135 cm³/mol. The van der Waals surface area contributed by atoms with E-state index >= 15 is 0 Å². The first-order chi connectivity index (χ1) is 15.2. The highest BCUT2D eigenvalue weighted by molar-refractivity contribution is 5.95. The Kier molecular flexibility index (Phi) is 6.14. The smallest absolute Gasteiger partial charge is 0.159 e. The van der Waals surface area contributed by atoms with E-state index in [9.17, 15) is 15.0 Å². The number of hydrogen-bond donors (Lipinski definition) is 2. The van der Waals surface area contributed by atoms with Crippen LogP contribution in [-0.2, 0) is 4.79 Å². The molecule has 4 rings (SSSR count). The number of fused-ring (bicyclic) bond motifs is 5. The molecule has 3 heteroatoms. The number of allylic oxidation sites excluding steroid dienone is 2. The van der Waals surface area contributed by atoms with Gasteiger partial charge in [-0.15, -0.1) is 0 Å². The topological polar surface area (TPSA) is 57.5 Å². The molecule has 33 heavy (non-hydrogen) atoms. The summed E-state index contributed by atoms with van der Waals surface area (Å²) >= 11 is 0. The van der Waals surface area contributed by atoms with Gasteiger partial charge in [-0.3, -0.25) is 4.79 Å². The molecule has 0 radical (unpaired) electrons. The van der Waals surface area contributed by atoms with E-state index in [1.165, 1.54) is 11.1 Å². The fourth-order valence-corrected chi connectivity index (χ4v) is 9.44. The van der Waals surface area contributed by atoms with Crippen molar-refractivity contribution >= 4 is 5.78 Å². The zero-order valence-corrected chi connectivity index (χ0v) is 22.4. The van der Waals surface area contributed by atoms with E-state index in [4.69, 9.17) is 0 Å². The molecule has 0 aromatic carbocycles. The Morgan fingerprint density at radius 2 is 1.73 bits per heavy atom. The second kappa shape index (κ2) is 8.05. The van der Waals surface area contributed by atoms with Crippen molar-refractivity contribution in [2.75, 3.05) is 0 Å². The molecule has 0 amide bonds. The summed E-state index contributed by atoms with van der Waals surface area (Å²) in [6.45, 7) is 18.0. The molecule has 0 spiro atoms. The van der Waals surface area contributed by atoms with Gasteiger partial charge in [-0.25, -0.2) is 0 Å². The van der Waals surface area contributed by atoms with Crippen LogP contribution in [0.1, 0.15) is 100 Å². The normalized spacial score (nSPS) is 45.9. The van der Waals surface area contributed by atoms with Gasteiger partial charge in [0.15, 0.2) is 5.78 Å². The number of ketones is 1. The fraction of sp³-hybridized carbons (Fsp3) is 0.833. The summed E-state index contributed by atoms with van der Waals surface area (Å²) in [5.74, 6) is 1.74. The van der Waals surface area contributed by atoms with Gasteiger partial charge in [0.05, 0.1) is 12.2 Å². The maximum absolute atomic E-state index is 13.9. The maximum atomic E-state index is 13.9. The van der Waals surface area contributed by atoms with Crippen LogP contribution in [0, 0.1) is 45.3 Å². The zero-order valence-electron chi connectivity index (χ0n) is 22.4. The minimum Gasteiger partial charge on any atom is -0.392 e. The summed E-state index contributed by atoms with van der Waals surface area (Å²) in [5, 5.41) is 21.3. The molecule has 0 aromatic rings. The van der Waals surface area contributed by atoms with E-state index in [0.717, 1.165) is 44.9 Å². The lowest BCUT2D eigenvalue weighted by atomic mass is 9.39. The monoisotopic (exact) mass is 456 g/mol. The van der Waals surface area contributed by atoms with Crippen LogP contribution in [-0.4, -0.2) is 28.2 Å². The van der Waals surface area contributed by atoms with Crippen molar-refractivity contribution in [2.45, 2.75) is 113 Å². The largest absolute Gasteiger partial charge is 0.392 e. The Bertz CT molecular complexity index is 864. The van der Waals surface area contributed by atoms with Crippen molar-refractivity contribution in [3.63, 3.8) is 0 Å². The molecular weight excluding hydrogens is 408 g/mol. The van der Waals surface area contributed by atoms with Gasteiger partial charge < -0.3 is 10.2 Å². The predicted octanol–water partition coefficient (Wildman–Crippen LogP) is 6.48. The summed E-state index contributed by atoms with van der Waals surface area (Å²) < 4.78 is 0. The molecule has 3 saturated carbocycles. The van der Waals surface area contributed by atoms with E-state index in [1.807, 2.05) is 26.0 Å². The fourth-order valence-electron chi connectivity index (χ4n) is 9.44. The van der Waals surface area contributed by atoms with E-state index in [1.54, 1.807) is 0 Å². The minimum absolute atomic E-state index is 0.0142. The van der Waals surface area contributed by atoms with Gasteiger partial charge >= 0.3 is 0 Å². The summed E-state index contributed by atoms with van der Waals surface area (Å²) in [6, 6.07) is 0. The van der Waals surface area contributed by atoms with Crippen LogP contribution in [0.25, 0.3) is 0 Å². The van der Waals surface area contributed by atoms with E-state index < -0.39 is 0 Å². The summed E-state index contributed by atoms with van der Waals surface area (Å²) in [7, 11) is 0. The molecule has 4 aliphatic carbocycles. The van der Waals surface area contributed by atoms with Crippen LogP contribution in [0.5, 0.6) is 0 Å². The highest BCUT2D eigenvalue weighted by atomic mass is 16.3. The zero-order chi connectivity index (χ0) is 24.6. The van der Waals surface area contributed by atoms with Gasteiger partial charge in [0.25, 0.3) is 0 Å². The number of carbonyl (C=O) groups is 1. The number of carbonyl (C=O) groups excluding carboxylic acids is 1. The van der Waals surface area contributed by atoms with Crippen LogP contribution >= 0.6 is 0 Å². The average molecular weight is 457 g/mol. The van der Waals surface area contributed by atoms with Crippen LogP contribution in [0.15, 0.2) is 23.3 Å². The quantitative estimate of drug-likeness (QED) is 0.476. The van der Waals surface area contributed by atoms with Gasteiger partial charge in [-0.1, -0.05) is 58.8 Å². The summed E-state index contributed by atoms with van der Waals surface area (Å²) in [4.78, 5) is 13.9. The molecule has 186 valence electrons.